The topological polar surface area (TPSA) is 53.1 Å². The lowest BCUT2D eigenvalue weighted by molar-refractivity contribution is 0.0881. The number of hydrogen-bond acceptors (Lipinski definition) is 5. The highest BCUT2D eigenvalue weighted by atomic mass is 32.2. The maximum Gasteiger partial charge on any atom is 0.264 e. The number of hydrogen-bond donors (Lipinski definition) is 0. The van der Waals surface area contributed by atoms with E-state index in [1.807, 2.05) is 0 Å². The van der Waals surface area contributed by atoms with Gasteiger partial charge in [-0.1, -0.05) is 25.7 Å². The van der Waals surface area contributed by atoms with Crippen LogP contribution in [0.4, 0.5) is 10.1 Å². The Bertz CT molecular complexity index is 1080. The smallest absolute Gasteiger partial charge is 0.264 e. The van der Waals surface area contributed by atoms with Gasteiger partial charge in [-0.15, -0.1) is 0 Å². The molecule has 2 saturated carbocycles. The average molecular weight is 516 g/mol. The van der Waals surface area contributed by atoms with Crippen molar-refractivity contribution in [2.24, 2.45) is 5.92 Å². The summed E-state index contributed by atoms with van der Waals surface area (Å²) in [6.07, 6.45) is 8.59. The lowest BCUT2D eigenvalue weighted by Gasteiger charge is -2.38. The highest BCUT2D eigenvalue weighted by Gasteiger charge is 2.29. The third-order valence-electron chi connectivity index (χ3n) is 7.89. The molecule has 3 aliphatic rings. The van der Waals surface area contributed by atoms with Crippen LogP contribution in [0.5, 0.6) is 5.75 Å². The third kappa shape index (κ3) is 6.39. The Kier molecular flexibility index (Phi) is 8.13. The Morgan fingerprint density at radius 2 is 1.56 bits per heavy atom. The Hall–Kier alpha value is -2.16. The van der Waals surface area contributed by atoms with Crippen molar-refractivity contribution < 1.29 is 17.5 Å². The Labute approximate surface area is 215 Å². The van der Waals surface area contributed by atoms with Gasteiger partial charge in [-0.05, 0) is 73.7 Å². The number of benzene rings is 2. The molecule has 36 heavy (non-hydrogen) atoms. The molecule has 8 heteroatoms. The van der Waals surface area contributed by atoms with Crippen molar-refractivity contribution in [2.75, 3.05) is 50.2 Å². The molecule has 1 saturated heterocycles. The fourth-order valence-corrected chi connectivity index (χ4v) is 6.93. The second kappa shape index (κ2) is 11.5. The molecule has 0 bridgehead atoms. The van der Waals surface area contributed by atoms with Gasteiger partial charge in [0.2, 0.25) is 0 Å². The van der Waals surface area contributed by atoms with Gasteiger partial charge in [-0.3, -0.25) is 14.1 Å². The van der Waals surface area contributed by atoms with Crippen molar-refractivity contribution in [2.45, 2.75) is 55.9 Å². The minimum atomic E-state index is -3.76. The predicted octanol–water partition coefficient (Wildman–Crippen LogP) is 4.76. The number of nitrogens with zero attached hydrogens (tertiary/aromatic N) is 3. The molecule has 1 aliphatic heterocycles. The van der Waals surface area contributed by atoms with Crippen LogP contribution in [0.1, 0.15) is 44.9 Å². The summed E-state index contributed by atoms with van der Waals surface area (Å²) in [5.74, 6) is 0.880. The second-order valence-corrected chi connectivity index (χ2v) is 12.3. The molecule has 2 aliphatic carbocycles. The van der Waals surface area contributed by atoms with Gasteiger partial charge in [0.05, 0.1) is 10.6 Å². The first kappa shape index (κ1) is 25.5. The first-order valence-electron chi connectivity index (χ1n) is 13.5. The molecule has 0 spiro atoms. The molecule has 0 atom stereocenters. The van der Waals surface area contributed by atoms with Crippen molar-refractivity contribution in [3.63, 3.8) is 0 Å². The van der Waals surface area contributed by atoms with Crippen molar-refractivity contribution in [1.29, 1.82) is 0 Å². The van der Waals surface area contributed by atoms with E-state index in [9.17, 15) is 12.8 Å². The van der Waals surface area contributed by atoms with Crippen LogP contribution in [0.25, 0.3) is 0 Å². The maximum absolute atomic E-state index is 13.5. The molecule has 196 valence electrons. The SMILES string of the molecule is O=S(=O)(c1ccc(OCCN2CCN(C3CCCC3)CC2)cc1)N(CCC1CC1)c1ccc(F)cc1. The van der Waals surface area contributed by atoms with E-state index in [2.05, 4.69) is 9.80 Å². The third-order valence-corrected chi connectivity index (χ3v) is 9.73. The monoisotopic (exact) mass is 515 g/mol. The van der Waals surface area contributed by atoms with Gasteiger partial charge in [0, 0.05) is 45.3 Å². The minimum Gasteiger partial charge on any atom is -0.492 e. The van der Waals surface area contributed by atoms with E-state index in [4.69, 9.17) is 4.74 Å². The van der Waals surface area contributed by atoms with Crippen LogP contribution >= 0.6 is 0 Å². The van der Waals surface area contributed by atoms with E-state index >= 15 is 0 Å². The minimum absolute atomic E-state index is 0.220. The van der Waals surface area contributed by atoms with Crippen molar-refractivity contribution in [3.05, 3.63) is 54.3 Å². The van der Waals surface area contributed by atoms with Crippen molar-refractivity contribution >= 4 is 15.7 Å². The average Bonchev–Trinajstić information content (AvgIpc) is 3.55. The van der Waals surface area contributed by atoms with Gasteiger partial charge in [0.1, 0.15) is 18.2 Å². The van der Waals surface area contributed by atoms with Gasteiger partial charge in [0.15, 0.2) is 0 Å². The molecular weight excluding hydrogens is 477 g/mol. The van der Waals surface area contributed by atoms with Crippen LogP contribution in [0.3, 0.4) is 0 Å². The number of rotatable bonds is 11. The van der Waals surface area contributed by atoms with Crippen molar-refractivity contribution in [3.8, 4) is 5.75 Å². The first-order valence-corrected chi connectivity index (χ1v) is 14.9. The summed E-state index contributed by atoms with van der Waals surface area (Å²) >= 11 is 0. The quantitative estimate of drug-likeness (QED) is 0.432. The normalized spacial score (nSPS) is 20.0. The van der Waals surface area contributed by atoms with Gasteiger partial charge < -0.3 is 4.74 Å². The van der Waals surface area contributed by atoms with Crippen LogP contribution in [0.2, 0.25) is 0 Å². The molecule has 6 nitrogen and oxygen atoms in total. The number of sulfonamides is 1. The number of anilines is 1. The lowest BCUT2D eigenvalue weighted by Crippen LogP contribution is -2.50. The summed E-state index contributed by atoms with van der Waals surface area (Å²) in [6, 6.07) is 13.2. The zero-order valence-electron chi connectivity index (χ0n) is 21.0. The van der Waals surface area contributed by atoms with E-state index in [-0.39, 0.29) is 10.7 Å². The fourth-order valence-electron chi connectivity index (χ4n) is 5.45. The van der Waals surface area contributed by atoms with E-state index in [1.54, 1.807) is 24.3 Å². The number of piperazine rings is 1. The standard InChI is InChI=1S/C28H38FN3O3S/c29-24-7-9-26(10-8-24)32(16-15-23-5-6-23)36(33,34)28-13-11-27(12-14-28)35-22-21-30-17-19-31(20-18-30)25-3-1-2-4-25/h7-14,23,25H,1-6,15-22H2. The molecule has 5 rings (SSSR count). The zero-order valence-corrected chi connectivity index (χ0v) is 21.8. The van der Waals surface area contributed by atoms with Crippen molar-refractivity contribution in [1.82, 2.24) is 9.80 Å². The Morgan fingerprint density at radius 1 is 0.889 bits per heavy atom. The van der Waals surface area contributed by atoms with Crippen LogP contribution < -0.4 is 9.04 Å². The maximum atomic E-state index is 13.5. The number of halogens is 1. The molecular formula is C28H38FN3O3S. The van der Waals surface area contributed by atoms with Crippen LogP contribution in [-0.4, -0.2) is 70.1 Å². The molecule has 1 heterocycles. The molecule has 0 amide bonds. The zero-order chi connectivity index (χ0) is 25.0. The first-order chi connectivity index (χ1) is 17.5. The predicted molar refractivity (Wildman–Crippen MR) is 140 cm³/mol. The van der Waals surface area contributed by atoms with Gasteiger partial charge >= 0.3 is 0 Å². The van der Waals surface area contributed by atoms with E-state index in [0.29, 0.717) is 30.5 Å². The molecule has 0 aromatic heterocycles. The molecule has 0 unspecified atom stereocenters. The largest absolute Gasteiger partial charge is 0.492 e. The molecule has 2 aromatic rings. The summed E-state index contributed by atoms with van der Waals surface area (Å²) in [7, 11) is -3.76. The van der Waals surface area contributed by atoms with E-state index < -0.39 is 10.0 Å². The van der Waals surface area contributed by atoms with Crippen LogP contribution in [0.15, 0.2) is 53.4 Å². The molecule has 3 fully saturated rings. The molecule has 0 radical (unpaired) electrons. The number of ether oxygens (including phenoxy) is 1. The summed E-state index contributed by atoms with van der Waals surface area (Å²) in [5, 5.41) is 0. The van der Waals surface area contributed by atoms with E-state index in [0.717, 1.165) is 58.0 Å². The highest BCUT2D eigenvalue weighted by molar-refractivity contribution is 7.92. The van der Waals surface area contributed by atoms with Crippen LogP contribution in [-0.2, 0) is 10.0 Å². The Morgan fingerprint density at radius 3 is 2.19 bits per heavy atom. The lowest BCUT2D eigenvalue weighted by atomic mass is 10.2. The van der Waals surface area contributed by atoms with Gasteiger partial charge in [-0.2, -0.15) is 0 Å². The molecule has 2 aromatic carbocycles. The summed E-state index contributed by atoms with van der Waals surface area (Å²) in [6.45, 7) is 6.29. The summed E-state index contributed by atoms with van der Waals surface area (Å²) in [5.41, 5.74) is 0.491. The van der Waals surface area contributed by atoms with Crippen LogP contribution in [0, 0.1) is 11.7 Å². The summed E-state index contributed by atoms with van der Waals surface area (Å²) < 4.78 is 47.8. The highest BCUT2D eigenvalue weighted by Crippen LogP contribution is 2.34. The molecule has 0 N–H and O–H groups in total. The summed E-state index contributed by atoms with van der Waals surface area (Å²) in [4.78, 5) is 5.33. The second-order valence-electron chi connectivity index (χ2n) is 10.4. The van der Waals surface area contributed by atoms with Gasteiger partial charge in [-0.25, -0.2) is 12.8 Å². The Balaban J connectivity index is 1.14. The van der Waals surface area contributed by atoms with E-state index in [1.165, 1.54) is 54.3 Å². The van der Waals surface area contributed by atoms with Gasteiger partial charge in [0.25, 0.3) is 10.0 Å². The fraction of sp³-hybridized carbons (Fsp3) is 0.571.